The van der Waals surface area contributed by atoms with Crippen LogP contribution < -0.4 is 4.74 Å². The monoisotopic (exact) mass is 192 g/mol. The van der Waals surface area contributed by atoms with Crippen molar-refractivity contribution in [2.75, 3.05) is 7.11 Å². The Labute approximate surface area is 84.8 Å². The van der Waals surface area contributed by atoms with E-state index in [0.717, 1.165) is 12.0 Å². The number of allylic oxidation sites excluding steroid dienone is 1. The van der Waals surface area contributed by atoms with E-state index in [2.05, 4.69) is 13.5 Å². The third kappa shape index (κ3) is 2.08. The minimum absolute atomic E-state index is 0.240. The SMILES string of the molecule is C=CCC(C)c1cccc(OC)c1O. The second-order valence-electron chi connectivity index (χ2n) is 3.32. The van der Waals surface area contributed by atoms with Crippen LogP contribution in [0, 0.1) is 0 Å². The average Bonchev–Trinajstić information content (AvgIpc) is 2.18. The standard InChI is InChI=1S/C12H16O2/c1-4-6-9(2)10-7-5-8-11(14-3)12(10)13/h4-5,7-9,13H,1,6H2,2-3H3. The van der Waals surface area contributed by atoms with Crippen LogP contribution in [-0.2, 0) is 0 Å². The second kappa shape index (κ2) is 4.70. The molecule has 0 aliphatic rings. The maximum atomic E-state index is 9.83. The van der Waals surface area contributed by atoms with Crippen molar-refractivity contribution >= 4 is 0 Å². The molecule has 1 N–H and O–H groups in total. The highest BCUT2D eigenvalue weighted by Gasteiger charge is 2.12. The lowest BCUT2D eigenvalue weighted by Gasteiger charge is -2.13. The summed E-state index contributed by atoms with van der Waals surface area (Å²) in [5, 5.41) is 9.83. The third-order valence-electron chi connectivity index (χ3n) is 2.30. The lowest BCUT2D eigenvalue weighted by molar-refractivity contribution is 0.369. The quantitative estimate of drug-likeness (QED) is 0.743. The number of aromatic hydroxyl groups is 1. The van der Waals surface area contributed by atoms with Crippen LogP contribution in [0.15, 0.2) is 30.9 Å². The van der Waals surface area contributed by atoms with Crippen molar-refractivity contribution in [1.82, 2.24) is 0 Å². The van der Waals surface area contributed by atoms with Gasteiger partial charge in [0.15, 0.2) is 11.5 Å². The molecule has 0 spiro atoms. The number of benzene rings is 1. The Morgan fingerprint density at radius 1 is 1.57 bits per heavy atom. The molecule has 76 valence electrons. The van der Waals surface area contributed by atoms with Crippen LogP contribution in [0.5, 0.6) is 11.5 Å². The number of phenolic OH excluding ortho intramolecular Hbond substituents is 1. The highest BCUT2D eigenvalue weighted by Crippen LogP contribution is 2.35. The minimum atomic E-state index is 0.240. The maximum absolute atomic E-state index is 9.83. The van der Waals surface area contributed by atoms with Gasteiger partial charge < -0.3 is 9.84 Å². The Hall–Kier alpha value is -1.44. The molecule has 0 fully saturated rings. The van der Waals surface area contributed by atoms with Gasteiger partial charge in [0.25, 0.3) is 0 Å². The summed E-state index contributed by atoms with van der Waals surface area (Å²) in [6.45, 7) is 5.74. The topological polar surface area (TPSA) is 29.5 Å². The van der Waals surface area contributed by atoms with Gasteiger partial charge in [-0.15, -0.1) is 6.58 Å². The van der Waals surface area contributed by atoms with E-state index in [1.807, 2.05) is 18.2 Å². The molecule has 0 heterocycles. The van der Waals surface area contributed by atoms with Crippen LogP contribution in [0.25, 0.3) is 0 Å². The van der Waals surface area contributed by atoms with Gasteiger partial charge in [-0.05, 0) is 18.4 Å². The molecule has 0 saturated carbocycles. The zero-order chi connectivity index (χ0) is 10.6. The molecule has 0 aliphatic carbocycles. The summed E-state index contributed by atoms with van der Waals surface area (Å²) < 4.78 is 5.04. The van der Waals surface area contributed by atoms with E-state index >= 15 is 0 Å². The summed E-state index contributed by atoms with van der Waals surface area (Å²) in [7, 11) is 1.55. The largest absolute Gasteiger partial charge is 0.504 e. The Bertz CT molecular complexity index is 318. The summed E-state index contributed by atoms with van der Waals surface area (Å²) in [4.78, 5) is 0. The molecule has 0 aliphatic heterocycles. The molecule has 0 aromatic heterocycles. The molecular weight excluding hydrogens is 176 g/mol. The molecule has 0 amide bonds. The van der Waals surface area contributed by atoms with Crippen LogP contribution in [0.1, 0.15) is 24.8 Å². The van der Waals surface area contributed by atoms with Crippen LogP contribution in [-0.4, -0.2) is 12.2 Å². The van der Waals surface area contributed by atoms with Gasteiger partial charge in [-0.25, -0.2) is 0 Å². The normalized spacial score (nSPS) is 12.1. The minimum Gasteiger partial charge on any atom is -0.504 e. The van der Waals surface area contributed by atoms with E-state index in [1.165, 1.54) is 0 Å². The number of hydrogen-bond donors (Lipinski definition) is 1. The molecule has 1 aromatic rings. The summed E-state index contributed by atoms with van der Waals surface area (Å²) in [6.07, 6.45) is 2.70. The van der Waals surface area contributed by atoms with Crippen molar-refractivity contribution in [2.24, 2.45) is 0 Å². The van der Waals surface area contributed by atoms with E-state index in [0.29, 0.717) is 5.75 Å². The van der Waals surface area contributed by atoms with Crippen molar-refractivity contribution in [2.45, 2.75) is 19.3 Å². The predicted molar refractivity (Wildman–Crippen MR) is 57.9 cm³/mol. The van der Waals surface area contributed by atoms with Crippen LogP contribution in [0.3, 0.4) is 0 Å². The number of phenols is 1. The lowest BCUT2D eigenvalue weighted by Crippen LogP contribution is -1.94. The summed E-state index contributed by atoms with van der Waals surface area (Å²) in [6, 6.07) is 5.54. The zero-order valence-corrected chi connectivity index (χ0v) is 8.66. The van der Waals surface area contributed by atoms with Gasteiger partial charge in [-0.3, -0.25) is 0 Å². The van der Waals surface area contributed by atoms with E-state index in [1.54, 1.807) is 13.2 Å². The first-order chi connectivity index (χ1) is 6.70. The van der Waals surface area contributed by atoms with Crippen LogP contribution in [0.2, 0.25) is 0 Å². The first kappa shape index (κ1) is 10.6. The Morgan fingerprint density at radius 2 is 2.29 bits per heavy atom. The summed E-state index contributed by atoms with van der Waals surface area (Å²) in [5.74, 6) is 1.03. The lowest BCUT2D eigenvalue weighted by atomic mass is 9.96. The molecular formula is C12H16O2. The van der Waals surface area contributed by atoms with E-state index in [-0.39, 0.29) is 11.7 Å². The number of ether oxygens (including phenoxy) is 1. The van der Waals surface area contributed by atoms with E-state index in [9.17, 15) is 5.11 Å². The van der Waals surface area contributed by atoms with Crippen molar-refractivity contribution in [1.29, 1.82) is 0 Å². The van der Waals surface area contributed by atoms with Crippen molar-refractivity contribution in [3.63, 3.8) is 0 Å². The first-order valence-electron chi connectivity index (χ1n) is 4.67. The smallest absolute Gasteiger partial charge is 0.161 e. The number of methoxy groups -OCH3 is 1. The van der Waals surface area contributed by atoms with Gasteiger partial charge in [0.1, 0.15) is 0 Å². The fourth-order valence-electron chi connectivity index (χ4n) is 1.48. The fraction of sp³-hybridized carbons (Fsp3) is 0.333. The maximum Gasteiger partial charge on any atom is 0.161 e. The van der Waals surface area contributed by atoms with Crippen LogP contribution >= 0.6 is 0 Å². The molecule has 0 saturated heterocycles. The average molecular weight is 192 g/mol. The molecule has 1 rings (SSSR count). The molecule has 0 bridgehead atoms. The number of para-hydroxylation sites is 1. The number of rotatable bonds is 4. The highest BCUT2D eigenvalue weighted by molar-refractivity contribution is 5.46. The second-order valence-corrected chi connectivity index (χ2v) is 3.32. The molecule has 2 nitrogen and oxygen atoms in total. The zero-order valence-electron chi connectivity index (χ0n) is 8.66. The third-order valence-corrected chi connectivity index (χ3v) is 2.30. The Balaban J connectivity index is 3.02. The predicted octanol–water partition coefficient (Wildman–Crippen LogP) is 3.08. The summed E-state index contributed by atoms with van der Waals surface area (Å²) in [5.41, 5.74) is 0.907. The van der Waals surface area contributed by atoms with Gasteiger partial charge in [0.05, 0.1) is 7.11 Å². The van der Waals surface area contributed by atoms with E-state index in [4.69, 9.17) is 4.74 Å². The van der Waals surface area contributed by atoms with Gasteiger partial charge >= 0.3 is 0 Å². The molecule has 1 aromatic carbocycles. The van der Waals surface area contributed by atoms with Gasteiger partial charge in [-0.1, -0.05) is 25.1 Å². The molecule has 1 atom stereocenters. The molecule has 0 radical (unpaired) electrons. The molecule has 14 heavy (non-hydrogen) atoms. The van der Waals surface area contributed by atoms with Gasteiger partial charge in [0, 0.05) is 5.56 Å². The van der Waals surface area contributed by atoms with Gasteiger partial charge in [0.2, 0.25) is 0 Å². The Morgan fingerprint density at radius 3 is 2.86 bits per heavy atom. The number of hydrogen-bond acceptors (Lipinski definition) is 2. The fourth-order valence-corrected chi connectivity index (χ4v) is 1.48. The molecule has 1 unspecified atom stereocenters. The van der Waals surface area contributed by atoms with Crippen molar-refractivity contribution in [3.05, 3.63) is 36.4 Å². The van der Waals surface area contributed by atoms with Crippen molar-refractivity contribution in [3.8, 4) is 11.5 Å². The molecule has 2 heteroatoms. The first-order valence-corrected chi connectivity index (χ1v) is 4.67. The van der Waals surface area contributed by atoms with E-state index < -0.39 is 0 Å². The highest BCUT2D eigenvalue weighted by atomic mass is 16.5. The summed E-state index contributed by atoms with van der Waals surface area (Å²) >= 11 is 0. The van der Waals surface area contributed by atoms with Crippen molar-refractivity contribution < 1.29 is 9.84 Å². The van der Waals surface area contributed by atoms with Crippen LogP contribution in [0.4, 0.5) is 0 Å². The Kier molecular flexibility index (Phi) is 3.57. The van der Waals surface area contributed by atoms with Gasteiger partial charge in [-0.2, -0.15) is 0 Å².